The maximum atomic E-state index is 11.9. The molecular formula is C9H22N2O4S2. The van der Waals surface area contributed by atoms with Gasteiger partial charge in [-0.2, -0.15) is 4.31 Å². The summed E-state index contributed by atoms with van der Waals surface area (Å²) in [6, 6.07) is 0. The van der Waals surface area contributed by atoms with E-state index in [1.165, 1.54) is 11.4 Å². The van der Waals surface area contributed by atoms with Crippen LogP contribution >= 0.6 is 0 Å². The van der Waals surface area contributed by atoms with Gasteiger partial charge in [-0.1, -0.05) is 6.92 Å². The monoisotopic (exact) mass is 286 g/mol. The number of hydrogen-bond acceptors (Lipinski definition) is 5. The maximum Gasteiger partial charge on any atom is 0.215 e. The highest BCUT2D eigenvalue weighted by Gasteiger charge is 2.34. The minimum Gasteiger partial charge on any atom is -0.329 e. The molecule has 1 unspecified atom stereocenters. The number of hydrogen-bond donors (Lipinski definition) is 1. The number of sulfone groups is 1. The van der Waals surface area contributed by atoms with Gasteiger partial charge in [0.05, 0.1) is 11.5 Å². The van der Waals surface area contributed by atoms with Crippen molar-refractivity contribution in [2.75, 3.05) is 31.4 Å². The van der Waals surface area contributed by atoms with Gasteiger partial charge in [0.1, 0.15) is 9.84 Å². The third kappa shape index (κ3) is 4.90. The topological polar surface area (TPSA) is 97.5 Å². The van der Waals surface area contributed by atoms with E-state index < -0.39 is 31.2 Å². The van der Waals surface area contributed by atoms with Crippen LogP contribution < -0.4 is 5.73 Å². The molecule has 0 aromatic heterocycles. The minimum atomic E-state index is -3.60. The Balaban J connectivity index is 4.95. The van der Waals surface area contributed by atoms with Gasteiger partial charge in [-0.25, -0.2) is 16.8 Å². The second-order valence-electron chi connectivity index (χ2n) is 4.47. The smallest absolute Gasteiger partial charge is 0.215 e. The van der Waals surface area contributed by atoms with E-state index in [4.69, 9.17) is 5.73 Å². The van der Waals surface area contributed by atoms with Crippen molar-refractivity contribution in [3.8, 4) is 0 Å². The van der Waals surface area contributed by atoms with Crippen LogP contribution in [0.1, 0.15) is 20.3 Å². The molecule has 0 heterocycles. The maximum absolute atomic E-state index is 11.9. The first-order valence-electron chi connectivity index (χ1n) is 5.33. The quantitative estimate of drug-likeness (QED) is 0.675. The molecule has 0 bridgehead atoms. The summed E-state index contributed by atoms with van der Waals surface area (Å²) in [6.07, 6.45) is 1.59. The third-order valence-corrected chi connectivity index (χ3v) is 6.29. The Morgan fingerprint density at radius 1 is 1.18 bits per heavy atom. The third-order valence-electron chi connectivity index (χ3n) is 3.09. The first kappa shape index (κ1) is 16.8. The van der Waals surface area contributed by atoms with Crippen molar-refractivity contribution >= 4 is 19.9 Å². The average Bonchev–Trinajstić information content (AvgIpc) is 2.23. The summed E-state index contributed by atoms with van der Waals surface area (Å²) in [6.45, 7) is 3.78. The summed E-state index contributed by atoms with van der Waals surface area (Å²) in [5.41, 5.74) is 4.90. The number of sulfonamides is 1. The van der Waals surface area contributed by atoms with E-state index in [0.29, 0.717) is 6.42 Å². The van der Waals surface area contributed by atoms with E-state index in [9.17, 15) is 16.8 Å². The number of nitrogens with zero attached hydrogens (tertiary/aromatic N) is 1. The lowest BCUT2D eigenvalue weighted by molar-refractivity contribution is 0.240. The summed E-state index contributed by atoms with van der Waals surface area (Å²) >= 11 is 0. The van der Waals surface area contributed by atoms with E-state index in [1.54, 1.807) is 6.92 Å². The fourth-order valence-corrected chi connectivity index (χ4v) is 4.43. The van der Waals surface area contributed by atoms with E-state index in [2.05, 4.69) is 0 Å². The van der Waals surface area contributed by atoms with Gasteiger partial charge in [-0.05, 0) is 13.3 Å². The molecule has 0 saturated heterocycles. The van der Waals surface area contributed by atoms with Gasteiger partial charge >= 0.3 is 0 Å². The van der Waals surface area contributed by atoms with Gasteiger partial charge in [0.2, 0.25) is 10.0 Å². The summed E-state index contributed by atoms with van der Waals surface area (Å²) < 4.78 is 47.0. The van der Waals surface area contributed by atoms with Crippen LogP contribution in [0.3, 0.4) is 0 Å². The van der Waals surface area contributed by atoms with Crippen LogP contribution in [0.5, 0.6) is 0 Å². The molecule has 0 saturated carbocycles. The van der Waals surface area contributed by atoms with Crippen LogP contribution in [-0.2, 0) is 19.9 Å². The fourth-order valence-electron chi connectivity index (χ4n) is 1.22. The zero-order valence-corrected chi connectivity index (χ0v) is 12.4. The predicted octanol–water partition coefficient (Wildman–Crippen LogP) is -0.580. The highest BCUT2D eigenvalue weighted by atomic mass is 32.2. The lowest BCUT2D eigenvalue weighted by Gasteiger charge is -2.36. The number of rotatable bonds is 7. The van der Waals surface area contributed by atoms with E-state index in [-0.39, 0.29) is 12.3 Å². The lowest BCUT2D eigenvalue weighted by atomic mass is 10.00. The molecule has 104 valence electrons. The van der Waals surface area contributed by atoms with Crippen LogP contribution in [0.15, 0.2) is 0 Å². The van der Waals surface area contributed by atoms with E-state index in [0.717, 1.165) is 6.26 Å². The Bertz CT molecular complexity index is 438. The van der Waals surface area contributed by atoms with Crippen LogP contribution in [0.2, 0.25) is 0 Å². The predicted molar refractivity (Wildman–Crippen MR) is 69.0 cm³/mol. The van der Waals surface area contributed by atoms with Crippen LogP contribution in [0.25, 0.3) is 0 Å². The first-order chi connectivity index (χ1) is 7.48. The molecule has 0 aliphatic carbocycles. The summed E-state index contributed by atoms with van der Waals surface area (Å²) in [7, 11) is -5.45. The molecule has 1 atom stereocenters. The summed E-state index contributed by atoms with van der Waals surface area (Å²) in [4.78, 5) is 0. The highest BCUT2D eigenvalue weighted by molar-refractivity contribution is 7.93. The molecule has 8 heteroatoms. The Labute approximate surface area is 104 Å². The normalized spacial score (nSPS) is 17.1. The number of likely N-dealkylation sites (N-methyl/N-ethyl adjacent to an activating group) is 1. The molecule has 0 aliphatic heterocycles. The van der Waals surface area contributed by atoms with Gasteiger partial charge in [-0.3, -0.25) is 0 Å². The second kappa shape index (κ2) is 5.64. The SMILES string of the molecule is CCC(C)(CN)N(C)S(=O)(=O)CCS(C)(=O)=O. The highest BCUT2D eigenvalue weighted by Crippen LogP contribution is 2.20. The van der Waals surface area contributed by atoms with Gasteiger partial charge in [0.15, 0.2) is 0 Å². The van der Waals surface area contributed by atoms with Crippen molar-refractivity contribution in [3.05, 3.63) is 0 Å². The van der Waals surface area contributed by atoms with Crippen LogP contribution in [-0.4, -0.2) is 58.0 Å². The van der Waals surface area contributed by atoms with Crippen LogP contribution in [0, 0.1) is 0 Å². The Morgan fingerprint density at radius 2 is 1.65 bits per heavy atom. The molecule has 0 aliphatic rings. The molecule has 0 amide bonds. The Hall–Kier alpha value is -0.180. The van der Waals surface area contributed by atoms with Crippen molar-refractivity contribution < 1.29 is 16.8 Å². The second-order valence-corrected chi connectivity index (χ2v) is 8.85. The Morgan fingerprint density at radius 3 is 1.94 bits per heavy atom. The molecule has 6 nitrogen and oxygen atoms in total. The first-order valence-corrected chi connectivity index (χ1v) is 9.00. The fraction of sp³-hybridized carbons (Fsp3) is 1.00. The molecule has 17 heavy (non-hydrogen) atoms. The largest absolute Gasteiger partial charge is 0.329 e. The van der Waals surface area contributed by atoms with Crippen molar-refractivity contribution in [1.82, 2.24) is 4.31 Å². The van der Waals surface area contributed by atoms with Crippen molar-refractivity contribution in [1.29, 1.82) is 0 Å². The van der Waals surface area contributed by atoms with E-state index in [1.807, 2.05) is 6.92 Å². The van der Waals surface area contributed by atoms with Gasteiger partial charge in [0.25, 0.3) is 0 Å². The molecule has 0 fully saturated rings. The summed E-state index contributed by atoms with van der Waals surface area (Å²) in [5, 5.41) is 0. The van der Waals surface area contributed by atoms with Crippen LogP contribution in [0.4, 0.5) is 0 Å². The molecule has 0 aromatic carbocycles. The van der Waals surface area contributed by atoms with Gasteiger partial charge in [-0.15, -0.1) is 0 Å². The summed E-state index contributed by atoms with van der Waals surface area (Å²) in [5.74, 6) is -0.776. The molecule has 0 aromatic rings. The van der Waals surface area contributed by atoms with Gasteiger partial charge < -0.3 is 5.73 Å². The van der Waals surface area contributed by atoms with Crippen molar-refractivity contribution in [2.45, 2.75) is 25.8 Å². The standard InChI is InChI=1S/C9H22N2O4S2/c1-5-9(2,8-10)11(3)17(14,15)7-6-16(4,12)13/h5-8,10H2,1-4H3. The minimum absolute atomic E-state index is 0.193. The van der Waals surface area contributed by atoms with Crippen molar-refractivity contribution in [3.63, 3.8) is 0 Å². The molecule has 0 radical (unpaired) electrons. The lowest BCUT2D eigenvalue weighted by Crippen LogP contribution is -2.52. The molecular weight excluding hydrogens is 264 g/mol. The van der Waals surface area contributed by atoms with E-state index >= 15 is 0 Å². The number of nitrogens with two attached hydrogens (primary N) is 1. The molecule has 0 rings (SSSR count). The Kier molecular flexibility index (Phi) is 5.58. The zero-order valence-electron chi connectivity index (χ0n) is 10.8. The molecule has 2 N–H and O–H groups in total. The zero-order chi connectivity index (χ0) is 13.9. The van der Waals surface area contributed by atoms with Crippen molar-refractivity contribution in [2.24, 2.45) is 5.73 Å². The molecule has 0 spiro atoms. The average molecular weight is 286 g/mol. The van der Waals surface area contributed by atoms with Gasteiger partial charge in [0, 0.05) is 25.4 Å².